The lowest BCUT2D eigenvalue weighted by Crippen LogP contribution is -2.49. The van der Waals surface area contributed by atoms with Crippen LogP contribution in [0.2, 0.25) is 0 Å². The molecule has 0 spiro atoms. The van der Waals surface area contributed by atoms with Gasteiger partial charge in [-0.3, -0.25) is 4.79 Å². The van der Waals surface area contributed by atoms with Crippen molar-refractivity contribution in [2.45, 2.75) is 19.4 Å². The van der Waals surface area contributed by atoms with Gasteiger partial charge in [-0.2, -0.15) is 4.31 Å². The Morgan fingerprint density at radius 2 is 2.38 bits per heavy atom. The Hall–Kier alpha value is -0.960. The van der Waals surface area contributed by atoms with Gasteiger partial charge in [0.2, 0.25) is 15.9 Å². The van der Waals surface area contributed by atoms with Crippen molar-refractivity contribution < 1.29 is 17.9 Å². The zero-order valence-electron chi connectivity index (χ0n) is 11.9. The number of thiophene rings is 1. The highest BCUT2D eigenvalue weighted by atomic mass is 32.2. The van der Waals surface area contributed by atoms with Crippen LogP contribution in [0.25, 0.3) is 0 Å². The summed E-state index contributed by atoms with van der Waals surface area (Å²) in [7, 11) is -3.35. The third kappa shape index (κ3) is 4.77. The highest BCUT2D eigenvalue weighted by Gasteiger charge is 2.29. The summed E-state index contributed by atoms with van der Waals surface area (Å²) in [6.45, 7) is 3.19. The van der Waals surface area contributed by atoms with Crippen LogP contribution in [-0.2, 0) is 26.0 Å². The molecule has 2 rings (SSSR count). The van der Waals surface area contributed by atoms with Gasteiger partial charge in [0.25, 0.3) is 0 Å². The van der Waals surface area contributed by atoms with Crippen LogP contribution in [0.15, 0.2) is 17.5 Å². The average molecular weight is 332 g/mol. The maximum absolute atomic E-state index is 12.2. The molecule has 1 fully saturated rings. The third-order valence-electron chi connectivity index (χ3n) is 3.26. The average Bonchev–Trinajstić information content (AvgIpc) is 2.91. The van der Waals surface area contributed by atoms with E-state index >= 15 is 0 Å². The maximum Gasteiger partial charge on any atom is 0.225 e. The second kappa shape index (κ2) is 7.35. The first kappa shape index (κ1) is 16.4. The Bertz CT molecular complexity index is 557. The Balaban J connectivity index is 1.77. The molecule has 0 aromatic carbocycles. The maximum atomic E-state index is 12.2. The van der Waals surface area contributed by atoms with Crippen molar-refractivity contribution in [1.29, 1.82) is 0 Å². The molecule has 0 aliphatic carbocycles. The first-order valence-corrected chi connectivity index (χ1v) is 9.34. The van der Waals surface area contributed by atoms with E-state index in [1.54, 1.807) is 0 Å². The lowest BCUT2D eigenvalue weighted by atomic mass is 10.3. The van der Waals surface area contributed by atoms with E-state index in [0.29, 0.717) is 26.2 Å². The summed E-state index contributed by atoms with van der Waals surface area (Å²) in [6, 6.07) is 3.62. The van der Waals surface area contributed by atoms with Crippen molar-refractivity contribution in [3.8, 4) is 0 Å². The molecule has 8 heteroatoms. The van der Waals surface area contributed by atoms with Gasteiger partial charge < -0.3 is 10.1 Å². The largest absolute Gasteiger partial charge is 0.378 e. The molecular formula is C13H20N2O4S2. The molecule has 21 heavy (non-hydrogen) atoms. The van der Waals surface area contributed by atoms with Gasteiger partial charge in [-0.25, -0.2) is 8.42 Å². The summed E-state index contributed by atoms with van der Waals surface area (Å²) >= 11 is 1.51. The number of amides is 1. The number of hydrogen-bond acceptors (Lipinski definition) is 5. The Morgan fingerprint density at radius 3 is 3.05 bits per heavy atom. The van der Waals surface area contributed by atoms with E-state index in [1.165, 1.54) is 15.6 Å². The van der Waals surface area contributed by atoms with Crippen LogP contribution in [-0.4, -0.2) is 56.7 Å². The molecular weight excluding hydrogens is 312 g/mol. The molecule has 0 saturated carbocycles. The highest BCUT2D eigenvalue weighted by molar-refractivity contribution is 7.89. The van der Waals surface area contributed by atoms with E-state index in [-0.39, 0.29) is 24.2 Å². The van der Waals surface area contributed by atoms with Gasteiger partial charge in [0.15, 0.2) is 0 Å². The summed E-state index contributed by atoms with van der Waals surface area (Å²) in [5.41, 5.74) is 0. The molecule has 0 bridgehead atoms. The highest BCUT2D eigenvalue weighted by Crippen LogP contribution is 2.12. The van der Waals surface area contributed by atoms with Crippen LogP contribution < -0.4 is 5.32 Å². The first-order valence-electron chi connectivity index (χ1n) is 6.85. The summed E-state index contributed by atoms with van der Waals surface area (Å²) in [5, 5.41) is 4.57. The van der Waals surface area contributed by atoms with Crippen molar-refractivity contribution in [3.63, 3.8) is 0 Å². The molecule has 1 aliphatic heterocycles. The van der Waals surface area contributed by atoms with E-state index in [1.807, 2.05) is 24.4 Å². The molecule has 6 nitrogen and oxygen atoms in total. The van der Waals surface area contributed by atoms with Gasteiger partial charge in [-0.15, -0.1) is 11.3 Å². The minimum atomic E-state index is -3.35. The SMILES string of the molecule is CC1COCCN1S(=O)(=O)CCNC(=O)Cc1cccs1. The van der Waals surface area contributed by atoms with Crippen LogP contribution in [0.3, 0.4) is 0 Å². The molecule has 2 heterocycles. The van der Waals surface area contributed by atoms with Crippen molar-refractivity contribution >= 4 is 27.3 Å². The number of nitrogens with zero attached hydrogens (tertiary/aromatic N) is 1. The number of ether oxygens (including phenoxy) is 1. The van der Waals surface area contributed by atoms with Crippen LogP contribution in [0.1, 0.15) is 11.8 Å². The number of carbonyl (C=O) groups is 1. The normalized spacial score (nSPS) is 20.3. The number of rotatable bonds is 6. The molecule has 1 aliphatic rings. The number of morpholine rings is 1. The lowest BCUT2D eigenvalue weighted by Gasteiger charge is -2.32. The van der Waals surface area contributed by atoms with Crippen molar-refractivity contribution in [2.24, 2.45) is 0 Å². The van der Waals surface area contributed by atoms with Crippen molar-refractivity contribution in [3.05, 3.63) is 22.4 Å². The quantitative estimate of drug-likeness (QED) is 0.821. The predicted octanol–water partition coefficient (Wildman–Crippen LogP) is 0.457. The molecule has 1 aromatic rings. The first-order chi connectivity index (χ1) is 9.99. The fraction of sp³-hybridized carbons (Fsp3) is 0.615. The Morgan fingerprint density at radius 1 is 1.57 bits per heavy atom. The van der Waals surface area contributed by atoms with E-state index < -0.39 is 10.0 Å². The van der Waals surface area contributed by atoms with Gasteiger partial charge in [0.05, 0.1) is 25.4 Å². The van der Waals surface area contributed by atoms with E-state index in [0.717, 1.165) is 4.88 Å². The van der Waals surface area contributed by atoms with Crippen LogP contribution >= 0.6 is 11.3 Å². The van der Waals surface area contributed by atoms with Crippen LogP contribution in [0, 0.1) is 0 Å². The molecule has 1 amide bonds. The van der Waals surface area contributed by atoms with Gasteiger partial charge in [-0.1, -0.05) is 6.07 Å². The number of hydrogen-bond donors (Lipinski definition) is 1. The zero-order valence-corrected chi connectivity index (χ0v) is 13.6. The minimum absolute atomic E-state index is 0.0759. The lowest BCUT2D eigenvalue weighted by molar-refractivity contribution is -0.120. The van der Waals surface area contributed by atoms with Crippen molar-refractivity contribution in [1.82, 2.24) is 9.62 Å². The Labute approximate surface area is 129 Å². The standard InChI is InChI=1S/C13H20N2O4S2/c1-11-10-19-6-5-15(11)21(17,18)8-4-14-13(16)9-12-3-2-7-20-12/h2-3,7,11H,4-6,8-10H2,1H3,(H,14,16). The molecule has 0 radical (unpaired) electrons. The van der Waals surface area contributed by atoms with Gasteiger partial charge >= 0.3 is 0 Å². The number of nitrogens with one attached hydrogen (secondary N) is 1. The predicted molar refractivity (Wildman–Crippen MR) is 81.8 cm³/mol. The molecule has 1 atom stereocenters. The van der Waals surface area contributed by atoms with Crippen LogP contribution in [0.4, 0.5) is 0 Å². The third-order valence-corrected chi connectivity index (χ3v) is 6.11. The fourth-order valence-corrected chi connectivity index (χ4v) is 4.46. The number of carbonyl (C=O) groups excluding carboxylic acids is 1. The van der Waals surface area contributed by atoms with E-state index in [2.05, 4.69) is 5.32 Å². The summed E-state index contributed by atoms with van der Waals surface area (Å²) in [6.07, 6.45) is 0.297. The van der Waals surface area contributed by atoms with Crippen LogP contribution in [0.5, 0.6) is 0 Å². The van der Waals surface area contributed by atoms with E-state index in [9.17, 15) is 13.2 Å². The van der Waals surface area contributed by atoms with Crippen molar-refractivity contribution in [2.75, 3.05) is 32.1 Å². The molecule has 1 unspecified atom stereocenters. The fourth-order valence-electron chi connectivity index (χ4n) is 2.20. The molecule has 1 N–H and O–H groups in total. The summed E-state index contributed by atoms with van der Waals surface area (Å²) in [4.78, 5) is 12.7. The van der Waals surface area contributed by atoms with E-state index in [4.69, 9.17) is 4.74 Å². The minimum Gasteiger partial charge on any atom is -0.378 e. The van der Waals surface area contributed by atoms with Gasteiger partial charge in [0, 0.05) is 24.0 Å². The second-order valence-electron chi connectivity index (χ2n) is 4.96. The molecule has 1 saturated heterocycles. The molecule has 1 aromatic heterocycles. The summed E-state index contributed by atoms with van der Waals surface area (Å²) < 4.78 is 31.1. The number of sulfonamides is 1. The van der Waals surface area contributed by atoms with Gasteiger partial charge in [-0.05, 0) is 18.4 Å². The summed E-state index contributed by atoms with van der Waals surface area (Å²) in [5.74, 6) is -0.226. The molecule has 118 valence electrons. The zero-order chi connectivity index (χ0) is 15.3. The van der Waals surface area contributed by atoms with Gasteiger partial charge in [0.1, 0.15) is 0 Å². The monoisotopic (exact) mass is 332 g/mol. The topological polar surface area (TPSA) is 75.7 Å². The smallest absolute Gasteiger partial charge is 0.225 e. The Kier molecular flexibility index (Phi) is 5.74. The second-order valence-corrected chi connectivity index (χ2v) is 8.03.